The maximum absolute atomic E-state index is 10.5. The zero-order valence-corrected chi connectivity index (χ0v) is 16.2. The van der Waals surface area contributed by atoms with E-state index in [1.54, 1.807) is 11.8 Å². The second-order valence-electron chi connectivity index (χ2n) is 4.06. The van der Waals surface area contributed by atoms with Crippen LogP contribution in [0, 0.1) is 0 Å². The Labute approximate surface area is 137 Å². The van der Waals surface area contributed by atoms with Gasteiger partial charge in [0, 0.05) is 13.4 Å². The predicted molar refractivity (Wildman–Crippen MR) is 91.4 cm³/mol. The normalized spacial score (nSPS) is 11.7. The first-order valence-electron chi connectivity index (χ1n) is 5.89. The number of aliphatic hydroxyl groups is 1. The van der Waals surface area contributed by atoms with Crippen LogP contribution in [0.25, 0.3) is 0 Å². The summed E-state index contributed by atoms with van der Waals surface area (Å²) < 4.78 is 62.1. The molecule has 0 radical (unpaired) electrons. The van der Waals surface area contributed by atoms with Gasteiger partial charge in [0.2, 0.25) is 20.0 Å². The lowest BCUT2D eigenvalue weighted by atomic mass is 10.6. The Bertz CT molecular complexity index is 523. The fourth-order valence-corrected chi connectivity index (χ4v) is 3.49. The van der Waals surface area contributed by atoms with Gasteiger partial charge in [-0.25, -0.2) is 35.5 Å². The second kappa shape index (κ2) is 13.5. The molecule has 0 atom stereocenters. The average molecular weight is 403 g/mol. The molecule has 0 spiro atoms. The van der Waals surface area contributed by atoms with E-state index in [9.17, 15) is 25.3 Å². The molecule has 9 nitrogen and oxygen atoms in total. The summed E-state index contributed by atoms with van der Waals surface area (Å²) in [6.07, 6.45) is 3.71. The van der Waals surface area contributed by atoms with Crippen LogP contribution in [-0.4, -0.2) is 73.0 Å². The van der Waals surface area contributed by atoms with Crippen molar-refractivity contribution in [3.8, 4) is 0 Å². The molecule has 0 heterocycles. The van der Waals surface area contributed by atoms with Crippen molar-refractivity contribution in [3.63, 3.8) is 0 Å². The number of hydrogen-bond acceptors (Lipinski definition) is 8. The van der Waals surface area contributed by atoms with Crippen molar-refractivity contribution in [2.45, 2.75) is 12.8 Å². The summed E-state index contributed by atoms with van der Waals surface area (Å²) in [6.45, 7) is 0. The third-order valence-electron chi connectivity index (χ3n) is 1.72. The van der Waals surface area contributed by atoms with E-state index in [4.69, 9.17) is 10.2 Å². The molecule has 0 saturated heterocycles. The molecule has 0 bridgehead atoms. The lowest BCUT2D eigenvalue weighted by molar-refractivity contribution is 0.399. The van der Waals surface area contributed by atoms with Gasteiger partial charge >= 0.3 is 0 Å². The van der Waals surface area contributed by atoms with Gasteiger partial charge in [-0.15, -0.1) is 0 Å². The number of thioether (sulfide) groups is 1. The van der Waals surface area contributed by atoms with Crippen LogP contribution >= 0.6 is 11.8 Å². The number of sulfone groups is 1. The molecule has 0 aliphatic carbocycles. The Morgan fingerprint density at radius 3 is 1.45 bits per heavy atom. The first kappa shape index (κ1) is 27.0. The minimum Gasteiger partial charge on any atom is -0.400 e. The second-order valence-corrected chi connectivity index (χ2v) is 10.8. The standard InChI is InChI=1S/C4H11NO4S2.C4H11NO2S2.CH4O/c1-10(6,7)3-2-4-11(5,8)9;1-8-3-2-4-9(5,6)7;1-2/h2-4H2,1H3,(H2,5,8,9);2-4H2,1H3,(H2,5,6,7);2H,1H3. The highest BCUT2D eigenvalue weighted by Gasteiger charge is 2.06. The number of primary sulfonamides is 2. The minimum absolute atomic E-state index is 0.0671. The van der Waals surface area contributed by atoms with Crippen molar-refractivity contribution in [2.24, 2.45) is 10.3 Å². The quantitative estimate of drug-likeness (QED) is 0.404. The Morgan fingerprint density at radius 2 is 1.18 bits per heavy atom. The van der Waals surface area contributed by atoms with E-state index in [1.165, 1.54) is 0 Å². The van der Waals surface area contributed by atoms with Gasteiger partial charge in [0.05, 0.1) is 17.3 Å². The van der Waals surface area contributed by atoms with Gasteiger partial charge in [-0.1, -0.05) is 0 Å². The molecule has 0 aromatic heterocycles. The summed E-state index contributed by atoms with van der Waals surface area (Å²) in [5.74, 6) is 0.549. The minimum atomic E-state index is -3.51. The van der Waals surface area contributed by atoms with Gasteiger partial charge in [-0.05, 0) is 24.9 Å². The molecule has 5 N–H and O–H groups in total. The molecular formula is C9H26N2O7S4. The van der Waals surface area contributed by atoms with Crippen LogP contribution in [0.15, 0.2) is 0 Å². The molecular weight excluding hydrogens is 376 g/mol. The fourth-order valence-electron chi connectivity index (χ4n) is 0.927. The van der Waals surface area contributed by atoms with E-state index in [1.807, 2.05) is 6.26 Å². The smallest absolute Gasteiger partial charge is 0.209 e. The molecule has 0 aromatic rings. The summed E-state index contributed by atoms with van der Waals surface area (Å²) in [5.41, 5.74) is 0. The maximum atomic E-state index is 10.5. The lowest BCUT2D eigenvalue weighted by Crippen LogP contribution is -2.18. The van der Waals surface area contributed by atoms with Crippen LogP contribution in [-0.2, 0) is 29.9 Å². The molecule has 0 aromatic carbocycles. The van der Waals surface area contributed by atoms with Crippen LogP contribution in [0.2, 0.25) is 0 Å². The third kappa shape index (κ3) is 36.9. The SMILES string of the molecule is CO.CS(=O)(=O)CCCS(N)(=O)=O.CSCCCS(N)(=O)=O. The number of aliphatic hydroxyl groups excluding tert-OH is 1. The van der Waals surface area contributed by atoms with Gasteiger partial charge < -0.3 is 5.11 Å². The van der Waals surface area contributed by atoms with Crippen molar-refractivity contribution >= 4 is 41.6 Å². The molecule has 22 heavy (non-hydrogen) atoms. The summed E-state index contributed by atoms with van der Waals surface area (Å²) >= 11 is 1.62. The Hall–Kier alpha value is 0.0800. The van der Waals surface area contributed by atoms with Crippen molar-refractivity contribution in [3.05, 3.63) is 0 Å². The van der Waals surface area contributed by atoms with Crippen molar-refractivity contribution in [1.29, 1.82) is 0 Å². The molecule has 0 rings (SSSR count). The predicted octanol–water partition coefficient (Wildman–Crippen LogP) is -1.65. The Morgan fingerprint density at radius 1 is 0.818 bits per heavy atom. The summed E-state index contributed by atoms with van der Waals surface area (Å²) in [5, 5.41) is 16.4. The highest BCUT2D eigenvalue weighted by molar-refractivity contribution is 7.98. The molecule has 0 fully saturated rings. The zero-order chi connectivity index (χ0) is 18.4. The Balaban J connectivity index is -0.000000299. The van der Waals surface area contributed by atoms with E-state index >= 15 is 0 Å². The summed E-state index contributed by atoms with van der Waals surface area (Å²) in [7, 11) is -8.79. The monoisotopic (exact) mass is 402 g/mol. The van der Waals surface area contributed by atoms with Crippen molar-refractivity contribution in [2.75, 3.05) is 42.6 Å². The zero-order valence-electron chi connectivity index (χ0n) is 12.9. The third-order valence-corrected chi connectivity index (χ3v) is 5.16. The largest absolute Gasteiger partial charge is 0.400 e. The Kier molecular flexibility index (Phi) is 16.6. The van der Waals surface area contributed by atoms with Gasteiger partial charge in [0.1, 0.15) is 9.84 Å². The number of nitrogens with two attached hydrogens (primary N) is 2. The van der Waals surface area contributed by atoms with E-state index in [0.717, 1.165) is 19.1 Å². The molecule has 138 valence electrons. The maximum Gasteiger partial charge on any atom is 0.209 e. The van der Waals surface area contributed by atoms with Gasteiger partial charge in [-0.3, -0.25) is 0 Å². The van der Waals surface area contributed by atoms with Gasteiger partial charge in [0.25, 0.3) is 0 Å². The van der Waals surface area contributed by atoms with Gasteiger partial charge in [-0.2, -0.15) is 11.8 Å². The molecule has 0 aliphatic rings. The molecule has 0 amide bonds. The number of rotatable bonds is 8. The fraction of sp³-hybridized carbons (Fsp3) is 1.00. The molecule has 0 aliphatic heterocycles. The molecule has 0 saturated carbocycles. The van der Waals surface area contributed by atoms with E-state index in [2.05, 4.69) is 5.14 Å². The van der Waals surface area contributed by atoms with Crippen LogP contribution < -0.4 is 10.3 Å². The topological polar surface area (TPSA) is 175 Å². The molecule has 0 unspecified atom stereocenters. The van der Waals surface area contributed by atoms with E-state index in [0.29, 0.717) is 6.42 Å². The van der Waals surface area contributed by atoms with Gasteiger partial charge in [0.15, 0.2) is 0 Å². The van der Waals surface area contributed by atoms with E-state index in [-0.39, 0.29) is 23.7 Å². The first-order chi connectivity index (χ1) is 9.77. The highest BCUT2D eigenvalue weighted by atomic mass is 32.2. The van der Waals surface area contributed by atoms with Crippen molar-refractivity contribution in [1.82, 2.24) is 0 Å². The van der Waals surface area contributed by atoms with Crippen LogP contribution in [0.4, 0.5) is 0 Å². The number of hydrogen-bond donors (Lipinski definition) is 3. The highest BCUT2D eigenvalue weighted by Crippen LogP contribution is 1.96. The van der Waals surface area contributed by atoms with Crippen molar-refractivity contribution < 1.29 is 30.4 Å². The number of sulfonamides is 2. The van der Waals surface area contributed by atoms with Crippen LogP contribution in [0.5, 0.6) is 0 Å². The first-order valence-corrected chi connectivity index (χ1v) is 12.8. The lowest BCUT2D eigenvalue weighted by Gasteiger charge is -1.96. The van der Waals surface area contributed by atoms with Crippen LogP contribution in [0.1, 0.15) is 12.8 Å². The van der Waals surface area contributed by atoms with Crippen LogP contribution in [0.3, 0.4) is 0 Å². The van der Waals surface area contributed by atoms with E-state index < -0.39 is 29.9 Å². The summed E-state index contributed by atoms with van der Waals surface area (Å²) in [4.78, 5) is 0. The average Bonchev–Trinajstić information content (AvgIpc) is 2.27. The molecule has 13 heteroatoms. The summed E-state index contributed by atoms with van der Waals surface area (Å²) in [6, 6.07) is 0.